The lowest BCUT2D eigenvalue weighted by Gasteiger charge is -2.12. The van der Waals surface area contributed by atoms with Gasteiger partial charge in [0.25, 0.3) is 5.91 Å². The number of ether oxygens (including phenoxy) is 1. The molecule has 23 heavy (non-hydrogen) atoms. The number of benzene rings is 1. The molecule has 1 aliphatic rings. The minimum Gasteiger partial charge on any atom is -0.455 e. The first kappa shape index (κ1) is 17.0. The molecule has 1 aromatic carbocycles. The summed E-state index contributed by atoms with van der Waals surface area (Å²) in [6.07, 6.45) is 2.39. The van der Waals surface area contributed by atoms with Gasteiger partial charge in [0.1, 0.15) is 0 Å². The van der Waals surface area contributed by atoms with Crippen molar-refractivity contribution in [3.63, 3.8) is 0 Å². The number of hydrogen-bond acceptors (Lipinski definition) is 4. The Kier molecular flexibility index (Phi) is 5.73. The second-order valence-corrected chi connectivity index (χ2v) is 5.91. The van der Waals surface area contributed by atoms with Gasteiger partial charge >= 0.3 is 5.97 Å². The number of amides is 2. The molecule has 1 atom stereocenters. The van der Waals surface area contributed by atoms with Crippen molar-refractivity contribution in [2.75, 3.05) is 11.9 Å². The number of anilines is 1. The van der Waals surface area contributed by atoms with Crippen LogP contribution in [0.25, 0.3) is 0 Å². The van der Waals surface area contributed by atoms with Gasteiger partial charge in [-0.05, 0) is 43.4 Å². The third kappa shape index (κ3) is 6.10. The lowest BCUT2D eigenvalue weighted by molar-refractivity contribution is -0.148. The van der Waals surface area contributed by atoms with E-state index in [-0.39, 0.29) is 30.9 Å². The zero-order valence-corrected chi connectivity index (χ0v) is 13.4. The molecule has 0 bridgehead atoms. The van der Waals surface area contributed by atoms with E-state index >= 15 is 0 Å². The average Bonchev–Trinajstić information content (AvgIpc) is 3.31. The molecule has 1 fully saturated rings. The van der Waals surface area contributed by atoms with Crippen molar-refractivity contribution in [2.24, 2.45) is 5.92 Å². The van der Waals surface area contributed by atoms with Crippen LogP contribution in [0.2, 0.25) is 0 Å². The van der Waals surface area contributed by atoms with Gasteiger partial charge in [-0.3, -0.25) is 14.4 Å². The van der Waals surface area contributed by atoms with Gasteiger partial charge in [-0.25, -0.2) is 0 Å². The molecule has 124 valence electrons. The van der Waals surface area contributed by atoms with Crippen molar-refractivity contribution < 1.29 is 19.1 Å². The number of carbonyl (C=O) groups is 3. The van der Waals surface area contributed by atoms with Crippen molar-refractivity contribution in [2.45, 2.75) is 39.2 Å². The van der Waals surface area contributed by atoms with Crippen LogP contribution in [0.3, 0.4) is 0 Å². The highest BCUT2D eigenvalue weighted by atomic mass is 16.5. The van der Waals surface area contributed by atoms with Gasteiger partial charge in [0.2, 0.25) is 5.91 Å². The highest BCUT2D eigenvalue weighted by molar-refractivity contribution is 5.88. The summed E-state index contributed by atoms with van der Waals surface area (Å²) in [6.45, 7) is 3.15. The first-order chi connectivity index (χ1) is 10.9. The van der Waals surface area contributed by atoms with Crippen LogP contribution in [0, 0.1) is 5.92 Å². The SMILES string of the molecule is CC(=O)Nc1ccc(CC(=O)OCC(=O)N[C@H](C)C2CC2)cc1. The van der Waals surface area contributed by atoms with Crippen LogP contribution in [0.5, 0.6) is 0 Å². The fraction of sp³-hybridized carbons (Fsp3) is 0.471. The van der Waals surface area contributed by atoms with Crippen LogP contribution in [-0.4, -0.2) is 30.4 Å². The molecule has 2 amide bonds. The fourth-order valence-electron chi connectivity index (χ4n) is 2.28. The van der Waals surface area contributed by atoms with Gasteiger partial charge in [-0.15, -0.1) is 0 Å². The molecule has 2 N–H and O–H groups in total. The van der Waals surface area contributed by atoms with Crippen LogP contribution in [-0.2, 0) is 25.5 Å². The van der Waals surface area contributed by atoms with Crippen molar-refractivity contribution >= 4 is 23.5 Å². The Morgan fingerprint density at radius 2 is 1.87 bits per heavy atom. The standard InChI is InChI=1S/C17H22N2O4/c1-11(14-5-6-14)18-16(21)10-23-17(22)9-13-3-7-15(8-4-13)19-12(2)20/h3-4,7-8,11,14H,5-6,9-10H2,1-2H3,(H,18,21)(H,19,20)/t11-/m1/s1. The Labute approximate surface area is 135 Å². The predicted octanol–water partition coefficient (Wildman–Crippen LogP) is 1.65. The van der Waals surface area contributed by atoms with Crippen molar-refractivity contribution in [3.05, 3.63) is 29.8 Å². The molecule has 1 aromatic rings. The Hall–Kier alpha value is -2.37. The maximum absolute atomic E-state index is 11.7. The van der Waals surface area contributed by atoms with Gasteiger partial charge in [0.15, 0.2) is 6.61 Å². The van der Waals surface area contributed by atoms with Gasteiger partial charge in [0.05, 0.1) is 6.42 Å². The second kappa shape index (κ2) is 7.76. The van der Waals surface area contributed by atoms with E-state index in [2.05, 4.69) is 10.6 Å². The molecule has 0 aromatic heterocycles. The third-order valence-corrected chi connectivity index (χ3v) is 3.70. The molecule has 6 nitrogen and oxygen atoms in total. The summed E-state index contributed by atoms with van der Waals surface area (Å²) < 4.78 is 4.98. The van der Waals surface area contributed by atoms with E-state index in [4.69, 9.17) is 4.74 Å². The second-order valence-electron chi connectivity index (χ2n) is 5.91. The highest BCUT2D eigenvalue weighted by Gasteiger charge is 2.28. The van der Waals surface area contributed by atoms with Crippen LogP contribution < -0.4 is 10.6 Å². The summed E-state index contributed by atoms with van der Waals surface area (Å²) in [5, 5.41) is 5.48. The zero-order valence-electron chi connectivity index (χ0n) is 13.4. The van der Waals surface area contributed by atoms with Gasteiger partial charge in [-0.2, -0.15) is 0 Å². The van der Waals surface area contributed by atoms with Crippen molar-refractivity contribution in [1.82, 2.24) is 5.32 Å². The largest absolute Gasteiger partial charge is 0.455 e. The lowest BCUT2D eigenvalue weighted by Crippen LogP contribution is -2.37. The van der Waals surface area contributed by atoms with Gasteiger partial charge in [-0.1, -0.05) is 12.1 Å². The Bertz CT molecular complexity index is 579. The summed E-state index contributed by atoms with van der Waals surface area (Å²) in [7, 11) is 0. The summed E-state index contributed by atoms with van der Waals surface area (Å²) in [5.41, 5.74) is 1.43. The van der Waals surface area contributed by atoms with E-state index in [1.165, 1.54) is 6.92 Å². The summed E-state index contributed by atoms with van der Waals surface area (Å²) in [6, 6.07) is 7.05. The molecule has 0 spiro atoms. The van der Waals surface area contributed by atoms with Gasteiger partial charge in [0, 0.05) is 18.7 Å². The first-order valence-corrected chi connectivity index (χ1v) is 7.75. The quantitative estimate of drug-likeness (QED) is 0.749. The van der Waals surface area contributed by atoms with Crippen LogP contribution in [0.1, 0.15) is 32.3 Å². The lowest BCUT2D eigenvalue weighted by atomic mass is 10.1. The molecule has 0 radical (unpaired) electrons. The van der Waals surface area contributed by atoms with E-state index in [0.717, 1.165) is 18.4 Å². The van der Waals surface area contributed by atoms with E-state index in [1.807, 2.05) is 6.92 Å². The molecular formula is C17H22N2O4. The first-order valence-electron chi connectivity index (χ1n) is 7.75. The molecule has 0 heterocycles. The molecule has 0 saturated heterocycles. The van der Waals surface area contributed by atoms with Crippen molar-refractivity contribution in [3.8, 4) is 0 Å². The molecule has 6 heteroatoms. The molecule has 1 aliphatic carbocycles. The van der Waals surface area contributed by atoms with E-state index in [9.17, 15) is 14.4 Å². The normalized spacial score (nSPS) is 14.7. The maximum Gasteiger partial charge on any atom is 0.310 e. The summed E-state index contributed by atoms with van der Waals surface area (Å²) in [4.78, 5) is 34.3. The van der Waals surface area contributed by atoms with Crippen LogP contribution in [0.15, 0.2) is 24.3 Å². The number of carbonyl (C=O) groups excluding carboxylic acids is 3. The van der Waals surface area contributed by atoms with Crippen LogP contribution in [0.4, 0.5) is 5.69 Å². The van der Waals surface area contributed by atoms with Crippen molar-refractivity contribution in [1.29, 1.82) is 0 Å². The predicted molar refractivity (Wildman–Crippen MR) is 85.7 cm³/mol. The molecular weight excluding hydrogens is 296 g/mol. The fourth-order valence-corrected chi connectivity index (χ4v) is 2.28. The Balaban J connectivity index is 1.71. The number of esters is 1. The summed E-state index contributed by atoms with van der Waals surface area (Å²) in [5.74, 6) is -0.300. The third-order valence-electron chi connectivity index (χ3n) is 3.70. The molecule has 1 saturated carbocycles. The molecule has 0 aliphatic heterocycles. The van der Waals surface area contributed by atoms with E-state index in [0.29, 0.717) is 11.6 Å². The zero-order chi connectivity index (χ0) is 16.8. The number of nitrogens with one attached hydrogen (secondary N) is 2. The monoisotopic (exact) mass is 318 g/mol. The Morgan fingerprint density at radius 3 is 2.43 bits per heavy atom. The average molecular weight is 318 g/mol. The minimum absolute atomic E-state index is 0.0891. The van der Waals surface area contributed by atoms with Crippen LogP contribution >= 0.6 is 0 Å². The minimum atomic E-state index is -0.452. The smallest absolute Gasteiger partial charge is 0.310 e. The van der Waals surface area contributed by atoms with E-state index < -0.39 is 5.97 Å². The number of hydrogen-bond donors (Lipinski definition) is 2. The number of rotatable bonds is 7. The summed E-state index contributed by atoms with van der Waals surface area (Å²) >= 11 is 0. The van der Waals surface area contributed by atoms with Gasteiger partial charge < -0.3 is 15.4 Å². The topological polar surface area (TPSA) is 84.5 Å². The molecule has 2 rings (SSSR count). The Morgan fingerprint density at radius 1 is 1.22 bits per heavy atom. The van der Waals surface area contributed by atoms with E-state index in [1.54, 1.807) is 24.3 Å². The maximum atomic E-state index is 11.7. The molecule has 0 unspecified atom stereocenters. The highest BCUT2D eigenvalue weighted by Crippen LogP contribution is 2.32.